The lowest BCUT2D eigenvalue weighted by Crippen LogP contribution is -2.01. The number of hydrogen-bond acceptors (Lipinski definition) is 2. The van der Waals surface area contributed by atoms with Gasteiger partial charge in [0.25, 0.3) is 0 Å². The molecule has 1 aromatic heterocycles. The maximum Gasteiger partial charge on any atom is 0.205 e. The van der Waals surface area contributed by atoms with Crippen LogP contribution in [0.5, 0.6) is 0 Å². The van der Waals surface area contributed by atoms with E-state index in [1.807, 2.05) is 18.2 Å². The minimum atomic E-state index is 0.372. The summed E-state index contributed by atoms with van der Waals surface area (Å²) < 4.78 is 2.73. The van der Waals surface area contributed by atoms with Crippen LogP contribution in [0.4, 0.5) is 5.95 Å². The molecule has 0 radical (unpaired) electrons. The highest BCUT2D eigenvalue weighted by atomic mass is 79.9. The molecule has 0 aliphatic carbocycles. The Kier molecular flexibility index (Phi) is 3.17. The number of nitrogens with two attached hydrogens (primary N) is 1. The maximum atomic E-state index is 6.22. The van der Waals surface area contributed by atoms with Crippen molar-refractivity contribution in [2.24, 2.45) is 0 Å². The van der Waals surface area contributed by atoms with Crippen molar-refractivity contribution in [3.05, 3.63) is 50.9 Å². The third-order valence-corrected chi connectivity index (χ3v) is 3.84. The molecule has 3 rings (SSSR count). The van der Waals surface area contributed by atoms with Gasteiger partial charge in [0.05, 0.1) is 21.7 Å². The SMILES string of the molecule is Nc1nc2cc(Br)ccc2n1-c1cc(Cl)ccc1Cl. The second kappa shape index (κ2) is 4.71. The van der Waals surface area contributed by atoms with Crippen LogP contribution in [0.2, 0.25) is 10.0 Å². The standard InChI is InChI=1S/C13H8BrCl2N3/c14-7-1-4-11-10(5-7)18-13(17)19(11)12-6-8(15)2-3-9(12)16/h1-6H,(H2,17,18). The third kappa shape index (κ3) is 2.20. The fourth-order valence-electron chi connectivity index (χ4n) is 1.98. The number of imidazole rings is 1. The molecule has 0 atom stereocenters. The van der Waals surface area contributed by atoms with E-state index in [-0.39, 0.29) is 0 Å². The molecule has 0 amide bonds. The monoisotopic (exact) mass is 355 g/mol. The zero-order valence-corrected chi connectivity index (χ0v) is 12.7. The van der Waals surface area contributed by atoms with Crippen LogP contribution in [0.25, 0.3) is 16.7 Å². The number of benzene rings is 2. The normalized spacial score (nSPS) is 11.1. The smallest absolute Gasteiger partial charge is 0.205 e. The molecule has 19 heavy (non-hydrogen) atoms. The molecular weight excluding hydrogens is 349 g/mol. The highest BCUT2D eigenvalue weighted by Crippen LogP contribution is 2.31. The summed E-state index contributed by atoms with van der Waals surface area (Å²) in [7, 11) is 0. The Hall–Kier alpha value is -1.23. The van der Waals surface area contributed by atoms with E-state index in [9.17, 15) is 0 Å². The summed E-state index contributed by atoms with van der Waals surface area (Å²) in [6, 6.07) is 11.0. The number of halogens is 3. The van der Waals surface area contributed by atoms with Gasteiger partial charge >= 0.3 is 0 Å². The summed E-state index contributed by atoms with van der Waals surface area (Å²) in [6.07, 6.45) is 0. The minimum Gasteiger partial charge on any atom is -0.369 e. The Balaban J connectivity index is 2.36. The molecule has 0 saturated heterocycles. The molecule has 0 fully saturated rings. The molecule has 0 bridgehead atoms. The van der Waals surface area contributed by atoms with Crippen LogP contribution in [0.3, 0.4) is 0 Å². The fourth-order valence-corrected chi connectivity index (χ4v) is 2.70. The number of anilines is 1. The topological polar surface area (TPSA) is 43.8 Å². The van der Waals surface area contributed by atoms with E-state index >= 15 is 0 Å². The predicted octanol–water partition coefficient (Wildman–Crippen LogP) is 4.68. The van der Waals surface area contributed by atoms with Crippen molar-refractivity contribution in [3.8, 4) is 5.69 Å². The first-order valence-electron chi connectivity index (χ1n) is 5.45. The van der Waals surface area contributed by atoms with Gasteiger partial charge in [0.2, 0.25) is 5.95 Å². The van der Waals surface area contributed by atoms with Gasteiger partial charge in [-0.15, -0.1) is 0 Å². The van der Waals surface area contributed by atoms with E-state index in [0.29, 0.717) is 16.0 Å². The van der Waals surface area contributed by atoms with Crippen molar-refractivity contribution in [2.75, 3.05) is 5.73 Å². The second-order valence-electron chi connectivity index (χ2n) is 4.03. The number of hydrogen-bond donors (Lipinski definition) is 1. The summed E-state index contributed by atoms with van der Waals surface area (Å²) in [6.45, 7) is 0. The van der Waals surface area contributed by atoms with Crippen LogP contribution < -0.4 is 5.73 Å². The van der Waals surface area contributed by atoms with E-state index in [1.54, 1.807) is 22.8 Å². The first-order chi connectivity index (χ1) is 9.06. The quantitative estimate of drug-likeness (QED) is 0.688. The Bertz CT molecular complexity index is 783. The second-order valence-corrected chi connectivity index (χ2v) is 5.79. The van der Waals surface area contributed by atoms with Gasteiger partial charge in [0.15, 0.2) is 0 Å². The molecule has 6 heteroatoms. The third-order valence-electron chi connectivity index (χ3n) is 2.79. The molecule has 2 N–H and O–H groups in total. The predicted molar refractivity (Wildman–Crippen MR) is 83.2 cm³/mol. The van der Waals surface area contributed by atoms with Crippen LogP contribution in [-0.4, -0.2) is 9.55 Å². The molecular formula is C13H8BrCl2N3. The van der Waals surface area contributed by atoms with Gasteiger partial charge < -0.3 is 5.73 Å². The number of nitrogens with zero attached hydrogens (tertiary/aromatic N) is 2. The van der Waals surface area contributed by atoms with E-state index in [1.165, 1.54) is 0 Å². The van der Waals surface area contributed by atoms with Crippen molar-refractivity contribution < 1.29 is 0 Å². The first kappa shape index (κ1) is 12.8. The zero-order chi connectivity index (χ0) is 13.6. The van der Waals surface area contributed by atoms with Crippen LogP contribution in [0, 0.1) is 0 Å². The molecule has 96 valence electrons. The molecule has 1 heterocycles. The van der Waals surface area contributed by atoms with Gasteiger partial charge in [-0.3, -0.25) is 4.57 Å². The Morgan fingerprint density at radius 1 is 1.11 bits per heavy atom. The highest BCUT2D eigenvalue weighted by molar-refractivity contribution is 9.10. The molecule has 3 aromatic rings. The average Bonchev–Trinajstić information content (AvgIpc) is 2.67. The van der Waals surface area contributed by atoms with E-state index in [2.05, 4.69) is 20.9 Å². The van der Waals surface area contributed by atoms with Gasteiger partial charge in [-0.05, 0) is 36.4 Å². The molecule has 0 spiro atoms. The van der Waals surface area contributed by atoms with Crippen molar-refractivity contribution in [1.29, 1.82) is 0 Å². The van der Waals surface area contributed by atoms with Crippen LogP contribution in [0.1, 0.15) is 0 Å². The van der Waals surface area contributed by atoms with Gasteiger partial charge in [-0.25, -0.2) is 4.98 Å². The maximum absolute atomic E-state index is 6.22. The lowest BCUT2D eigenvalue weighted by Gasteiger charge is -2.09. The van der Waals surface area contributed by atoms with Crippen molar-refractivity contribution >= 4 is 56.1 Å². The van der Waals surface area contributed by atoms with Crippen LogP contribution in [-0.2, 0) is 0 Å². The molecule has 0 saturated carbocycles. The van der Waals surface area contributed by atoms with E-state index in [4.69, 9.17) is 28.9 Å². The average molecular weight is 357 g/mol. The number of aromatic nitrogens is 2. The highest BCUT2D eigenvalue weighted by Gasteiger charge is 2.13. The summed E-state index contributed by atoms with van der Waals surface area (Å²) >= 11 is 15.7. The van der Waals surface area contributed by atoms with Gasteiger partial charge in [0, 0.05) is 9.50 Å². The number of rotatable bonds is 1. The lowest BCUT2D eigenvalue weighted by molar-refractivity contribution is 1.11. The number of nitrogen functional groups attached to an aromatic ring is 1. The lowest BCUT2D eigenvalue weighted by atomic mass is 10.3. The molecule has 0 aliphatic heterocycles. The van der Waals surface area contributed by atoms with Gasteiger partial charge in [-0.2, -0.15) is 0 Å². The Morgan fingerprint density at radius 3 is 2.68 bits per heavy atom. The van der Waals surface area contributed by atoms with E-state index < -0.39 is 0 Å². The Labute approximate surface area is 128 Å². The largest absolute Gasteiger partial charge is 0.369 e. The molecule has 2 aromatic carbocycles. The van der Waals surface area contributed by atoms with Gasteiger partial charge in [0.1, 0.15) is 0 Å². The Morgan fingerprint density at radius 2 is 1.89 bits per heavy atom. The molecule has 0 aliphatic rings. The van der Waals surface area contributed by atoms with Crippen molar-refractivity contribution in [1.82, 2.24) is 9.55 Å². The summed E-state index contributed by atoms with van der Waals surface area (Å²) in [5, 5.41) is 1.16. The van der Waals surface area contributed by atoms with E-state index in [0.717, 1.165) is 21.2 Å². The fraction of sp³-hybridized carbons (Fsp3) is 0. The van der Waals surface area contributed by atoms with Gasteiger partial charge in [-0.1, -0.05) is 39.1 Å². The number of fused-ring (bicyclic) bond motifs is 1. The summed E-state index contributed by atoms with van der Waals surface area (Å²) in [5.41, 5.74) is 8.38. The molecule has 3 nitrogen and oxygen atoms in total. The summed E-state index contributed by atoms with van der Waals surface area (Å²) in [4.78, 5) is 4.33. The van der Waals surface area contributed by atoms with Crippen LogP contribution >= 0.6 is 39.1 Å². The summed E-state index contributed by atoms with van der Waals surface area (Å²) in [5.74, 6) is 0.372. The zero-order valence-electron chi connectivity index (χ0n) is 9.57. The van der Waals surface area contributed by atoms with Crippen LogP contribution in [0.15, 0.2) is 40.9 Å². The minimum absolute atomic E-state index is 0.372. The first-order valence-corrected chi connectivity index (χ1v) is 7.00. The van der Waals surface area contributed by atoms with Crippen molar-refractivity contribution in [2.45, 2.75) is 0 Å². The van der Waals surface area contributed by atoms with Crippen molar-refractivity contribution in [3.63, 3.8) is 0 Å². The molecule has 0 unspecified atom stereocenters.